The Morgan fingerprint density at radius 3 is 3.00 bits per heavy atom. The molecule has 1 aliphatic carbocycles. The van der Waals surface area contributed by atoms with E-state index in [1.54, 1.807) is 30.9 Å². The Morgan fingerprint density at radius 2 is 2.27 bits per heavy atom. The maximum absolute atomic E-state index is 11.4. The summed E-state index contributed by atoms with van der Waals surface area (Å²) in [4.78, 5) is 16.7. The molecule has 0 aromatic rings. The number of hydrogen-bond donors (Lipinski definition) is 0. The van der Waals surface area contributed by atoms with Gasteiger partial charge in [0.25, 0.3) is 0 Å². The van der Waals surface area contributed by atoms with Gasteiger partial charge in [0.2, 0.25) is 0 Å². The zero-order valence-electron chi connectivity index (χ0n) is 8.20. The quantitative estimate of drug-likeness (QED) is 0.728. The summed E-state index contributed by atoms with van der Waals surface area (Å²) in [6.07, 6.45) is 10.1. The summed E-state index contributed by atoms with van der Waals surface area (Å²) in [6, 6.07) is 0. The monoisotopic (exact) mass is 228 g/mol. The number of nitrogens with zero attached hydrogens (tertiary/aromatic N) is 2. The van der Waals surface area contributed by atoms with Crippen LogP contribution in [0, 0.1) is 5.92 Å². The van der Waals surface area contributed by atoms with Crippen LogP contribution < -0.4 is 0 Å². The second-order valence-electron chi connectivity index (χ2n) is 3.37. The fraction of sp³-hybridized carbons (Fsp3) is 0.400. The van der Waals surface area contributed by atoms with E-state index in [4.69, 9.17) is 4.74 Å². The van der Waals surface area contributed by atoms with Crippen LogP contribution in [0.25, 0.3) is 0 Å². The van der Waals surface area contributed by atoms with Crippen molar-refractivity contribution in [1.29, 1.82) is 0 Å². The molecule has 0 radical (unpaired) electrons. The molecule has 15 heavy (non-hydrogen) atoms. The molecule has 4 nitrogen and oxygen atoms in total. The lowest BCUT2D eigenvalue weighted by molar-refractivity contribution is 0.123. The summed E-state index contributed by atoms with van der Waals surface area (Å²) in [5, 5.41) is 0. The Labute approximate surface area is 94.7 Å². The van der Waals surface area contributed by atoms with E-state index in [0.29, 0.717) is 12.5 Å². The lowest BCUT2D eigenvalue weighted by Crippen LogP contribution is -2.21. The third-order valence-electron chi connectivity index (χ3n) is 2.08. The van der Waals surface area contributed by atoms with E-state index >= 15 is 0 Å². The molecule has 0 atom stereocenters. The normalized spacial score (nSPS) is 18.3. The van der Waals surface area contributed by atoms with E-state index in [-0.39, 0.29) is 18.5 Å². The molecule has 0 N–H and O–H groups in total. The van der Waals surface area contributed by atoms with E-state index in [2.05, 4.69) is 4.99 Å². The molecule has 0 unspecified atom stereocenters. The fourth-order valence-corrected chi connectivity index (χ4v) is 1.06. The van der Waals surface area contributed by atoms with Gasteiger partial charge < -0.3 is 4.74 Å². The summed E-state index contributed by atoms with van der Waals surface area (Å²) in [6.45, 7) is 0.540. The molecule has 5 heteroatoms. The smallest absolute Gasteiger partial charge is 0.418 e. The average molecular weight is 229 g/mol. The van der Waals surface area contributed by atoms with E-state index in [1.807, 2.05) is 0 Å². The SMILES string of the molecule is Cl.O=C(OCC1CC1)N1C=CC=NC=C1. The Hall–Kier alpha value is -1.29. The van der Waals surface area contributed by atoms with Crippen molar-refractivity contribution < 1.29 is 9.53 Å². The number of carbonyl (C=O) groups excluding carboxylic acids is 1. The van der Waals surface area contributed by atoms with Crippen molar-refractivity contribution in [2.24, 2.45) is 10.9 Å². The molecule has 1 amide bonds. The van der Waals surface area contributed by atoms with E-state index in [9.17, 15) is 4.79 Å². The molecule has 0 aromatic heterocycles. The van der Waals surface area contributed by atoms with Crippen LogP contribution in [-0.2, 0) is 4.74 Å². The maximum atomic E-state index is 11.4. The predicted molar refractivity (Wildman–Crippen MR) is 59.9 cm³/mol. The van der Waals surface area contributed by atoms with Crippen molar-refractivity contribution in [3.63, 3.8) is 0 Å². The maximum Gasteiger partial charge on any atom is 0.418 e. The highest BCUT2D eigenvalue weighted by Crippen LogP contribution is 2.28. The summed E-state index contributed by atoms with van der Waals surface area (Å²) in [5.41, 5.74) is 0. The number of hydrogen-bond acceptors (Lipinski definition) is 3. The third kappa shape index (κ3) is 3.75. The second-order valence-corrected chi connectivity index (χ2v) is 3.37. The molecule has 0 spiro atoms. The first-order chi connectivity index (χ1) is 6.86. The molecule has 2 rings (SSSR count). The van der Waals surface area contributed by atoms with Crippen molar-refractivity contribution in [2.45, 2.75) is 12.8 Å². The third-order valence-corrected chi connectivity index (χ3v) is 2.08. The number of amides is 1. The van der Waals surface area contributed by atoms with Gasteiger partial charge in [0.15, 0.2) is 0 Å². The molecule has 0 bridgehead atoms. The first-order valence-electron chi connectivity index (χ1n) is 4.68. The zero-order valence-corrected chi connectivity index (χ0v) is 9.02. The number of allylic oxidation sites excluding steroid dienone is 1. The van der Waals surface area contributed by atoms with Crippen LogP contribution in [0.3, 0.4) is 0 Å². The Bertz CT molecular complexity index is 293. The van der Waals surface area contributed by atoms with Crippen LogP contribution in [0.5, 0.6) is 0 Å². The Balaban J connectivity index is 0.00000112. The summed E-state index contributed by atoms with van der Waals surface area (Å²) >= 11 is 0. The largest absolute Gasteiger partial charge is 0.449 e. The van der Waals surface area contributed by atoms with Gasteiger partial charge in [-0.15, -0.1) is 12.4 Å². The van der Waals surface area contributed by atoms with Gasteiger partial charge in [0, 0.05) is 24.8 Å². The van der Waals surface area contributed by atoms with Crippen LogP contribution in [0.15, 0.2) is 29.7 Å². The fourth-order valence-electron chi connectivity index (χ4n) is 1.06. The molecule has 82 valence electrons. The van der Waals surface area contributed by atoms with Gasteiger partial charge in [-0.1, -0.05) is 0 Å². The van der Waals surface area contributed by atoms with Gasteiger partial charge in [-0.05, 0) is 24.8 Å². The standard InChI is InChI=1S/C10H12N2O2.ClH/c13-10(14-8-9-2-3-9)12-6-1-4-11-5-7-12;/h1,4-7,9H,2-3,8H2;1H. The number of halogens is 1. The minimum Gasteiger partial charge on any atom is -0.449 e. The van der Waals surface area contributed by atoms with Crippen molar-refractivity contribution in [1.82, 2.24) is 4.90 Å². The molecular formula is C10H13ClN2O2. The Kier molecular flexibility index (Phi) is 4.37. The molecule has 2 aliphatic rings. The lowest BCUT2D eigenvalue weighted by atomic mass is 10.5. The van der Waals surface area contributed by atoms with Gasteiger partial charge >= 0.3 is 6.09 Å². The highest BCUT2D eigenvalue weighted by molar-refractivity contribution is 5.85. The number of ether oxygens (including phenoxy) is 1. The molecule has 0 saturated heterocycles. The van der Waals surface area contributed by atoms with Gasteiger partial charge in [0.05, 0.1) is 6.61 Å². The van der Waals surface area contributed by atoms with Crippen molar-refractivity contribution >= 4 is 24.7 Å². The molecule has 1 saturated carbocycles. The van der Waals surface area contributed by atoms with Gasteiger partial charge in [-0.2, -0.15) is 0 Å². The minimum absolute atomic E-state index is 0. The van der Waals surface area contributed by atoms with Gasteiger partial charge in [-0.25, -0.2) is 4.79 Å². The first-order valence-corrected chi connectivity index (χ1v) is 4.68. The first kappa shape index (κ1) is 11.8. The van der Waals surface area contributed by atoms with Gasteiger partial charge in [-0.3, -0.25) is 9.89 Å². The van der Waals surface area contributed by atoms with Crippen LogP contribution >= 0.6 is 12.4 Å². The second kappa shape index (κ2) is 5.56. The van der Waals surface area contributed by atoms with Gasteiger partial charge in [0.1, 0.15) is 0 Å². The number of carbonyl (C=O) groups is 1. The molecule has 1 fully saturated rings. The van der Waals surface area contributed by atoms with Crippen LogP contribution in [0.1, 0.15) is 12.8 Å². The minimum atomic E-state index is -0.338. The highest BCUT2D eigenvalue weighted by atomic mass is 35.5. The van der Waals surface area contributed by atoms with Crippen molar-refractivity contribution in [3.05, 3.63) is 24.7 Å². The Morgan fingerprint density at radius 1 is 1.47 bits per heavy atom. The predicted octanol–water partition coefficient (Wildman–Crippen LogP) is 2.33. The van der Waals surface area contributed by atoms with Crippen LogP contribution in [0.2, 0.25) is 0 Å². The van der Waals surface area contributed by atoms with Crippen LogP contribution in [0.4, 0.5) is 4.79 Å². The van der Waals surface area contributed by atoms with Crippen molar-refractivity contribution in [3.8, 4) is 0 Å². The summed E-state index contributed by atoms with van der Waals surface area (Å²) < 4.78 is 5.09. The molecule has 1 aliphatic heterocycles. The number of aliphatic imine (C=N–C) groups is 1. The lowest BCUT2D eigenvalue weighted by Gasteiger charge is -2.12. The van der Waals surface area contributed by atoms with E-state index in [0.717, 1.165) is 0 Å². The average Bonchev–Trinajstić information content (AvgIpc) is 3.01. The number of rotatable bonds is 2. The molecule has 0 aromatic carbocycles. The molecular weight excluding hydrogens is 216 g/mol. The van der Waals surface area contributed by atoms with E-state index < -0.39 is 0 Å². The topological polar surface area (TPSA) is 41.9 Å². The van der Waals surface area contributed by atoms with Crippen LogP contribution in [-0.4, -0.2) is 23.8 Å². The van der Waals surface area contributed by atoms with Crippen molar-refractivity contribution in [2.75, 3.05) is 6.61 Å². The van der Waals surface area contributed by atoms with E-state index in [1.165, 1.54) is 17.7 Å². The highest BCUT2D eigenvalue weighted by Gasteiger charge is 2.23. The summed E-state index contributed by atoms with van der Waals surface area (Å²) in [5.74, 6) is 0.593. The zero-order chi connectivity index (χ0) is 9.80. The summed E-state index contributed by atoms with van der Waals surface area (Å²) in [7, 11) is 0. The molecule has 1 heterocycles.